The van der Waals surface area contributed by atoms with E-state index in [0.29, 0.717) is 22.6 Å². The molecule has 2 amide bonds. The maximum atomic E-state index is 12.3. The standard InChI is InChI=1S/C21H20N2O.C8H10AsNO5/c22-19-14-13-17(12-11-16-7-3-1-4-8-16)15-20(19)23-21(24)18-9-5-2-6-10-18;1-6(11)10-8-4-2-7(3-5-8)9(12,13)15-14/h1-10,13-15H,11-12,22H2,(H,23,24);2-5,14H,1H3,(H,10,11)(H,12,13). The third kappa shape index (κ3) is 9.28. The molecule has 0 saturated heterocycles. The minimum Gasteiger partial charge on any atom is -0.397 e. The van der Waals surface area contributed by atoms with E-state index in [2.05, 4.69) is 26.6 Å². The minimum absolute atomic E-state index is 0.00438. The van der Waals surface area contributed by atoms with E-state index in [0.717, 1.165) is 18.4 Å². The first kappa shape index (κ1) is 29.4. The summed E-state index contributed by atoms with van der Waals surface area (Å²) in [6.07, 6.45) is 1.86. The number of rotatable bonds is 8. The second-order valence-electron chi connectivity index (χ2n) is 8.56. The zero-order valence-corrected chi connectivity index (χ0v) is 23.2. The predicted octanol–water partition coefficient (Wildman–Crippen LogP) is 4.01. The van der Waals surface area contributed by atoms with Gasteiger partial charge in [-0.05, 0) is 48.2 Å². The molecule has 4 aromatic rings. The zero-order valence-electron chi connectivity index (χ0n) is 21.3. The Morgan fingerprint density at radius 2 is 1.41 bits per heavy atom. The van der Waals surface area contributed by atoms with Crippen molar-refractivity contribution < 1.29 is 26.6 Å². The number of anilines is 3. The normalized spacial score (nSPS) is 11.9. The van der Waals surface area contributed by atoms with Crippen LogP contribution < -0.4 is 20.7 Å². The van der Waals surface area contributed by atoms with E-state index >= 15 is 0 Å². The molecule has 0 heterocycles. The van der Waals surface area contributed by atoms with E-state index < -0.39 is 14.2 Å². The molecule has 4 rings (SSSR count). The van der Waals surface area contributed by atoms with Crippen LogP contribution in [0.3, 0.4) is 0 Å². The van der Waals surface area contributed by atoms with E-state index in [4.69, 9.17) is 15.1 Å². The SMILES string of the molecule is CC(=O)Nc1ccc([As](=O)(O)OO)cc1.Nc1ccc(CCc2ccccc2)cc1NC(=O)c1ccccc1. The van der Waals surface area contributed by atoms with Gasteiger partial charge in [-0.3, -0.25) is 4.79 Å². The quantitative estimate of drug-likeness (QED) is 0.0899. The summed E-state index contributed by atoms with van der Waals surface area (Å²) in [4.78, 5) is 23.0. The summed E-state index contributed by atoms with van der Waals surface area (Å²) in [6.45, 7) is 1.35. The Morgan fingerprint density at radius 1 is 0.821 bits per heavy atom. The molecule has 10 heteroatoms. The van der Waals surface area contributed by atoms with Crippen LogP contribution in [0.5, 0.6) is 0 Å². The van der Waals surface area contributed by atoms with Crippen LogP contribution in [-0.2, 0) is 25.3 Å². The molecule has 4 aromatic carbocycles. The number of hydrogen-bond acceptors (Lipinski definition) is 6. The molecule has 0 bridgehead atoms. The van der Waals surface area contributed by atoms with Crippen LogP contribution in [0, 0.1) is 0 Å². The van der Waals surface area contributed by atoms with E-state index in [-0.39, 0.29) is 16.2 Å². The number of carbonyl (C=O) groups is 2. The Labute approximate surface area is 229 Å². The number of carbonyl (C=O) groups excluding carboxylic acids is 2. The maximum absolute atomic E-state index is 12.3. The Bertz CT molecular complexity index is 1430. The number of hydrogen-bond donors (Lipinski definition) is 5. The first-order valence-electron chi connectivity index (χ1n) is 12.0. The van der Waals surface area contributed by atoms with E-state index in [1.807, 2.05) is 54.6 Å². The maximum Gasteiger partial charge on any atom is 0.255 e. The van der Waals surface area contributed by atoms with Crippen molar-refractivity contribution in [3.8, 4) is 0 Å². The molecule has 0 spiro atoms. The molecular formula is C29H30AsN3O6. The summed E-state index contributed by atoms with van der Waals surface area (Å²) in [5, 5.41) is 13.6. The van der Waals surface area contributed by atoms with E-state index in [9.17, 15) is 13.3 Å². The van der Waals surface area contributed by atoms with Gasteiger partial charge in [-0.15, -0.1) is 0 Å². The van der Waals surface area contributed by atoms with Gasteiger partial charge in [-0.1, -0.05) is 54.6 Å². The van der Waals surface area contributed by atoms with Gasteiger partial charge in [-0.2, -0.15) is 0 Å². The van der Waals surface area contributed by atoms with Crippen LogP contribution in [0.2, 0.25) is 0 Å². The van der Waals surface area contributed by atoms with Crippen molar-refractivity contribution >= 4 is 47.4 Å². The first-order valence-corrected chi connectivity index (χ1v) is 15.3. The van der Waals surface area contributed by atoms with Gasteiger partial charge in [-0.25, -0.2) is 0 Å². The molecule has 0 aliphatic heterocycles. The Kier molecular flexibility index (Phi) is 10.7. The van der Waals surface area contributed by atoms with Crippen molar-refractivity contribution in [2.75, 3.05) is 16.4 Å². The fraction of sp³-hybridized carbons (Fsp3) is 0.103. The number of nitrogen functional groups attached to an aromatic ring is 1. The summed E-state index contributed by atoms with van der Waals surface area (Å²) in [6, 6.07) is 30.8. The Balaban J connectivity index is 0.000000242. The number of nitrogens with one attached hydrogen (secondary N) is 2. The van der Waals surface area contributed by atoms with Gasteiger partial charge >= 0.3 is 88.4 Å². The van der Waals surface area contributed by atoms with E-state index in [1.54, 1.807) is 12.1 Å². The summed E-state index contributed by atoms with van der Waals surface area (Å²) >= 11 is -4.76. The van der Waals surface area contributed by atoms with Crippen LogP contribution >= 0.6 is 0 Å². The van der Waals surface area contributed by atoms with Gasteiger partial charge < -0.3 is 11.1 Å². The fourth-order valence-corrected chi connectivity index (χ4v) is 4.87. The molecule has 0 fully saturated rings. The molecule has 0 aliphatic carbocycles. The second kappa shape index (κ2) is 14.1. The van der Waals surface area contributed by atoms with Crippen LogP contribution in [0.1, 0.15) is 28.4 Å². The summed E-state index contributed by atoms with van der Waals surface area (Å²) in [5.41, 5.74) is 10.8. The van der Waals surface area contributed by atoms with Crippen molar-refractivity contribution in [2.24, 2.45) is 0 Å². The largest absolute Gasteiger partial charge is 0.397 e. The molecule has 39 heavy (non-hydrogen) atoms. The number of amides is 2. The summed E-state index contributed by atoms with van der Waals surface area (Å²) in [7, 11) is 0. The van der Waals surface area contributed by atoms with Crippen LogP contribution in [0.25, 0.3) is 0 Å². The van der Waals surface area contributed by atoms with Crippen molar-refractivity contribution in [2.45, 2.75) is 19.8 Å². The van der Waals surface area contributed by atoms with Crippen molar-refractivity contribution in [1.82, 2.24) is 0 Å². The van der Waals surface area contributed by atoms with Crippen LogP contribution in [-0.4, -0.2) is 35.3 Å². The molecular weight excluding hydrogens is 561 g/mol. The third-order valence-electron chi connectivity index (χ3n) is 5.57. The predicted molar refractivity (Wildman–Crippen MR) is 152 cm³/mol. The van der Waals surface area contributed by atoms with Gasteiger partial charge in [0.1, 0.15) is 0 Å². The Morgan fingerprint density at radius 3 is 2.00 bits per heavy atom. The topological polar surface area (TPSA) is 151 Å². The molecule has 0 aromatic heterocycles. The number of benzene rings is 4. The number of aryl methyl sites for hydroxylation is 2. The molecule has 0 radical (unpaired) electrons. The Hall–Kier alpha value is -4.14. The molecule has 1 atom stereocenters. The molecule has 1 unspecified atom stereocenters. The molecule has 9 nitrogen and oxygen atoms in total. The second-order valence-corrected chi connectivity index (χ2v) is 12.2. The van der Waals surface area contributed by atoms with Crippen molar-refractivity contribution in [3.63, 3.8) is 0 Å². The van der Waals surface area contributed by atoms with Crippen LogP contribution in [0.15, 0.2) is 103 Å². The smallest absolute Gasteiger partial charge is 0.255 e. The van der Waals surface area contributed by atoms with Gasteiger partial charge in [0.25, 0.3) is 5.91 Å². The van der Waals surface area contributed by atoms with Gasteiger partial charge in [0.15, 0.2) is 0 Å². The average molecular weight is 591 g/mol. The van der Waals surface area contributed by atoms with E-state index in [1.165, 1.54) is 36.8 Å². The summed E-state index contributed by atoms with van der Waals surface area (Å²) in [5.74, 6) is -0.388. The monoisotopic (exact) mass is 591 g/mol. The minimum atomic E-state index is -4.76. The zero-order chi connectivity index (χ0) is 28.3. The first-order chi connectivity index (χ1) is 18.7. The van der Waals surface area contributed by atoms with Gasteiger partial charge in [0, 0.05) is 5.56 Å². The molecule has 0 aliphatic rings. The van der Waals surface area contributed by atoms with Crippen molar-refractivity contribution in [1.29, 1.82) is 0 Å². The van der Waals surface area contributed by atoms with Crippen molar-refractivity contribution in [3.05, 3.63) is 120 Å². The summed E-state index contributed by atoms with van der Waals surface area (Å²) < 4.78 is 23.8. The third-order valence-corrected chi connectivity index (χ3v) is 8.03. The molecule has 6 N–H and O–H groups in total. The van der Waals surface area contributed by atoms with Gasteiger partial charge in [0.2, 0.25) is 0 Å². The van der Waals surface area contributed by atoms with Gasteiger partial charge in [0.05, 0.1) is 11.4 Å². The molecule has 202 valence electrons. The average Bonchev–Trinajstić information content (AvgIpc) is 2.95. The fourth-order valence-electron chi connectivity index (χ4n) is 3.57. The number of nitrogens with two attached hydrogens (primary N) is 1. The van der Waals surface area contributed by atoms with Crippen LogP contribution in [0.4, 0.5) is 17.1 Å². The molecule has 0 saturated carbocycles.